The van der Waals surface area contributed by atoms with Crippen LogP contribution in [-0.2, 0) is 0 Å². The summed E-state index contributed by atoms with van der Waals surface area (Å²) in [7, 11) is 1.98. The molecule has 50 valence electrons. The second-order valence-corrected chi connectivity index (χ2v) is 2.28. The fourth-order valence-electron chi connectivity index (χ4n) is 0.813. The van der Waals surface area contributed by atoms with Crippen LogP contribution < -0.4 is 11.2 Å². The van der Waals surface area contributed by atoms with Crippen LogP contribution in [0.2, 0.25) is 0 Å². The first-order chi connectivity index (χ1) is 4.70. The van der Waals surface area contributed by atoms with Crippen LogP contribution in [0.1, 0.15) is 5.56 Å². The van der Waals surface area contributed by atoms with E-state index in [1.54, 1.807) is 0 Å². The predicted octanol–water partition coefficient (Wildman–Crippen LogP) is -0.771. The average molecular weight is 132 g/mol. The zero-order valence-corrected chi connectivity index (χ0v) is 5.89. The van der Waals surface area contributed by atoms with Gasteiger partial charge in [-0.3, -0.25) is 5.41 Å². The van der Waals surface area contributed by atoms with Gasteiger partial charge in [0.25, 0.3) is 0 Å². The number of nitrogen functional groups attached to an aromatic ring is 1. The summed E-state index contributed by atoms with van der Waals surface area (Å²) in [6.45, 7) is 0. The summed E-state index contributed by atoms with van der Waals surface area (Å²) in [5, 5.41) is 7.11. The quantitative estimate of drug-likeness (QED) is 0.294. The van der Waals surface area contributed by atoms with Gasteiger partial charge in [-0.1, -0.05) is 29.7 Å². The van der Waals surface area contributed by atoms with Crippen LogP contribution in [-0.4, -0.2) is 13.7 Å². The normalized spacial score (nSPS) is 9.20. The molecule has 0 radical (unpaired) electrons. The Morgan fingerprint density at radius 2 is 2.20 bits per heavy atom. The van der Waals surface area contributed by atoms with Gasteiger partial charge in [0, 0.05) is 5.56 Å². The third-order valence-electron chi connectivity index (χ3n) is 1.33. The predicted molar refractivity (Wildman–Crippen MR) is 45.6 cm³/mol. The molecule has 1 rings (SSSR count). The van der Waals surface area contributed by atoms with Crippen molar-refractivity contribution >= 4 is 19.1 Å². The minimum absolute atomic E-state index is 0.128. The smallest absolute Gasteiger partial charge is 0.139 e. The highest BCUT2D eigenvalue weighted by atomic mass is 14.7. The van der Waals surface area contributed by atoms with Crippen molar-refractivity contribution in [3.05, 3.63) is 29.8 Å². The molecule has 0 bridgehead atoms. The second kappa shape index (κ2) is 2.56. The first-order valence-corrected chi connectivity index (χ1v) is 3.11. The van der Waals surface area contributed by atoms with Gasteiger partial charge < -0.3 is 5.73 Å². The largest absolute Gasteiger partial charge is 0.384 e. The first-order valence-electron chi connectivity index (χ1n) is 3.11. The minimum atomic E-state index is 0.128. The third kappa shape index (κ3) is 1.38. The molecule has 0 aliphatic heterocycles. The highest BCUT2D eigenvalue weighted by Crippen LogP contribution is 1.92. The summed E-state index contributed by atoms with van der Waals surface area (Å²) in [5.74, 6) is 0.128. The standard InChI is InChI=1S/C7H9BN2/c8-6-3-1-2-5(4-6)7(9)10/h1-4H,8H2,(H3,9,10). The van der Waals surface area contributed by atoms with Gasteiger partial charge in [0.1, 0.15) is 13.7 Å². The van der Waals surface area contributed by atoms with Crippen molar-refractivity contribution in [2.24, 2.45) is 5.73 Å². The van der Waals surface area contributed by atoms with Crippen LogP contribution in [0, 0.1) is 5.41 Å². The lowest BCUT2D eigenvalue weighted by Gasteiger charge is -1.97. The molecule has 0 atom stereocenters. The van der Waals surface area contributed by atoms with Gasteiger partial charge in [-0.25, -0.2) is 0 Å². The maximum absolute atomic E-state index is 7.11. The van der Waals surface area contributed by atoms with Gasteiger partial charge in [0.05, 0.1) is 0 Å². The summed E-state index contributed by atoms with van der Waals surface area (Å²) >= 11 is 0. The van der Waals surface area contributed by atoms with Gasteiger partial charge >= 0.3 is 0 Å². The summed E-state index contributed by atoms with van der Waals surface area (Å²) in [5.41, 5.74) is 7.19. The molecule has 3 N–H and O–H groups in total. The van der Waals surface area contributed by atoms with Gasteiger partial charge in [0.15, 0.2) is 0 Å². The van der Waals surface area contributed by atoms with Gasteiger partial charge in [-0.05, 0) is 0 Å². The molecule has 0 spiro atoms. The van der Waals surface area contributed by atoms with E-state index in [0.29, 0.717) is 0 Å². The van der Waals surface area contributed by atoms with E-state index < -0.39 is 0 Å². The summed E-state index contributed by atoms with van der Waals surface area (Å²) in [6, 6.07) is 7.59. The summed E-state index contributed by atoms with van der Waals surface area (Å²) in [4.78, 5) is 0. The van der Waals surface area contributed by atoms with Gasteiger partial charge in [0.2, 0.25) is 0 Å². The highest BCUT2D eigenvalue weighted by molar-refractivity contribution is 6.32. The molecular formula is C7H9BN2. The Labute approximate surface area is 61.0 Å². The molecule has 0 heterocycles. The van der Waals surface area contributed by atoms with Crippen molar-refractivity contribution in [1.82, 2.24) is 0 Å². The molecule has 3 heteroatoms. The van der Waals surface area contributed by atoms with Crippen LogP contribution in [0.4, 0.5) is 0 Å². The van der Waals surface area contributed by atoms with Crippen molar-refractivity contribution in [1.29, 1.82) is 5.41 Å². The van der Waals surface area contributed by atoms with E-state index in [-0.39, 0.29) is 5.84 Å². The lowest BCUT2D eigenvalue weighted by molar-refractivity contribution is 1.43. The number of amidine groups is 1. The van der Waals surface area contributed by atoms with Crippen LogP contribution >= 0.6 is 0 Å². The van der Waals surface area contributed by atoms with Crippen molar-refractivity contribution in [3.63, 3.8) is 0 Å². The van der Waals surface area contributed by atoms with Crippen molar-refractivity contribution in [2.45, 2.75) is 0 Å². The fourth-order valence-corrected chi connectivity index (χ4v) is 0.813. The number of rotatable bonds is 1. The zero-order valence-electron chi connectivity index (χ0n) is 5.89. The molecule has 0 aliphatic carbocycles. The summed E-state index contributed by atoms with van der Waals surface area (Å²) < 4.78 is 0. The van der Waals surface area contributed by atoms with Crippen LogP contribution in [0.3, 0.4) is 0 Å². The second-order valence-electron chi connectivity index (χ2n) is 2.28. The maximum Gasteiger partial charge on any atom is 0.139 e. The molecule has 10 heavy (non-hydrogen) atoms. The van der Waals surface area contributed by atoms with Gasteiger partial charge in [-0.2, -0.15) is 0 Å². The van der Waals surface area contributed by atoms with E-state index in [9.17, 15) is 0 Å². The molecule has 0 aliphatic rings. The van der Waals surface area contributed by atoms with Crippen molar-refractivity contribution in [2.75, 3.05) is 0 Å². The van der Waals surface area contributed by atoms with Crippen molar-refractivity contribution in [3.8, 4) is 0 Å². The lowest BCUT2D eigenvalue weighted by atomic mass is 9.94. The third-order valence-corrected chi connectivity index (χ3v) is 1.33. The highest BCUT2D eigenvalue weighted by Gasteiger charge is 1.92. The van der Waals surface area contributed by atoms with Crippen LogP contribution in [0.25, 0.3) is 0 Å². The first kappa shape index (κ1) is 6.87. The Morgan fingerprint density at radius 3 is 2.60 bits per heavy atom. The SMILES string of the molecule is Bc1cccc(C(=N)N)c1. The monoisotopic (exact) mass is 132 g/mol. The fraction of sp³-hybridized carbons (Fsp3) is 0. The minimum Gasteiger partial charge on any atom is -0.384 e. The van der Waals surface area contributed by atoms with E-state index in [1.165, 1.54) is 0 Å². The Bertz CT molecular complexity index is 258. The number of hydrogen-bond acceptors (Lipinski definition) is 1. The topological polar surface area (TPSA) is 49.9 Å². The molecule has 0 aromatic heterocycles. The molecule has 0 saturated heterocycles. The van der Waals surface area contributed by atoms with E-state index in [1.807, 2.05) is 32.1 Å². The maximum atomic E-state index is 7.11. The van der Waals surface area contributed by atoms with E-state index in [4.69, 9.17) is 11.1 Å². The van der Waals surface area contributed by atoms with Crippen LogP contribution in [0.15, 0.2) is 24.3 Å². The molecule has 0 saturated carbocycles. The Kier molecular flexibility index (Phi) is 1.76. The lowest BCUT2D eigenvalue weighted by Crippen LogP contribution is -2.14. The Hall–Kier alpha value is -1.25. The molecule has 0 amide bonds. The van der Waals surface area contributed by atoms with Crippen LogP contribution in [0.5, 0.6) is 0 Å². The molecule has 2 nitrogen and oxygen atoms in total. The average Bonchev–Trinajstić information content (AvgIpc) is 1.88. The molecule has 1 aromatic rings. The molecule has 0 fully saturated rings. The number of benzene rings is 1. The molecule has 1 aromatic carbocycles. The Balaban J connectivity index is 3.07. The van der Waals surface area contributed by atoms with E-state index in [2.05, 4.69) is 0 Å². The molecular weight excluding hydrogens is 123 g/mol. The molecule has 0 unspecified atom stereocenters. The van der Waals surface area contributed by atoms with Gasteiger partial charge in [-0.15, -0.1) is 0 Å². The Morgan fingerprint density at radius 1 is 1.50 bits per heavy atom. The summed E-state index contributed by atoms with van der Waals surface area (Å²) in [6.07, 6.45) is 0. The van der Waals surface area contributed by atoms with E-state index >= 15 is 0 Å². The zero-order chi connectivity index (χ0) is 7.56. The number of hydrogen-bond donors (Lipinski definition) is 2. The van der Waals surface area contributed by atoms with Crippen molar-refractivity contribution < 1.29 is 0 Å². The van der Waals surface area contributed by atoms with E-state index in [0.717, 1.165) is 11.0 Å². The number of nitrogens with one attached hydrogen (secondary N) is 1. The number of nitrogens with two attached hydrogens (primary N) is 1.